The van der Waals surface area contributed by atoms with E-state index in [2.05, 4.69) is 18.2 Å². The van der Waals surface area contributed by atoms with Gasteiger partial charge in [0.05, 0.1) is 10.8 Å². The molecule has 0 spiro atoms. The summed E-state index contributed by atoms with van der Waals surface area (Å²) >= 11 is 1.20. The van der Waals surface area contributed by atoms with Crippen LogP contribution < -0.4 is 0 Å². The lowest BCUT2D eigenvalue weighted by Gasteiger charge is -2.22. The zero-order valence-corrected chi connectivity index (χ0v) is 14.0. The number of fused-ring (bicyclic) bond motifs is 1. The largest absolute Gasteiger partial charge is 0.294 e. The van der Waals surface area contributed by atoms with Crippen molar-refractivity contribution in [3.63, 3.8) is 0 Å². The van der Waals surface area contributed by atoms with Crippen molar-refractivity contribution in [3.8, 4) is 6.07 Å². The maximum atomic E-state index is 12.6. The van der Waals surface area contributed by atoms with Gasteiger partial charge in [-0.05, 0) is 30.4 Å². The van der Waals surface area contributed by atoms with Crippen LogP contribution in [0.5, 0.6) is 0 Å². The molecule has 112 valence electrons. The van der Waals surface area contributed by atoms with Crippen molar-refractivity contribution in [3.05, 3.63) is 51.4 Å². The molecule has 3 rings (SSSR count). The molecule has 22 heavy (non-hydrogen) atoms. The number of rotatable bonds is 2. The standard InChI is InChI=1S/C17H15NO2S2/c1-10-3-5-11(6-4-10)12-7-13-15(9-18)21-17(22(2)20)16(13)14(19)8-12/h3-6,12H,7-8H2,1-2H3/t12-,22+/m0/s1. The average molecular weight is 329 g/mol. The second kappa shape index (κ2) is 5.79. The summed E-state index contributed by atoms with van der Waals surface area (Å²) < 4.78 is 12.4. The smallest absolute Gasteiger partial charge is 0.165 e. The lowest BCUT2D eigenvalue weighted by Crippen LogP contribution is -2.19. The van der Waals surface area contributed by atoms with Crippen molar-refractivity contribution in [2.75, 3.05) is 6.26 Å². The van der Waals surface area contributed by atoms with E-state index in [1.165, 1.54) is 16.9 Å². The van der Waals surface area contributed by atoms with Gasteiger partial charge < -0.3 is 0 Å². The van der Waals surface area contributed by atoms with Crippen LogP contribution in [0.2, 0.25) is 0 Å². The fourth-order valence-electron chi connectivity index (χ4n) is 2.93. The summed E-state index contributed by atoms with van der Waals surface area (Å²) in [5, 5.41) is 9.32. The summed E-state index contributed by atoms with van der Waals surface area (Å²) in [5.74, 6) is 0.107. The molecule has 0 amide bonds. The van der Waals surface area contributed by atoms with Crippen molar-refractivity contribution >= 4 is 27.9 Å². The summed E-state index contributed by atoms with van der Waals surface area (Å²) in [6, 6.07) is 10.4. The highest BCUT2D eigenvalue weighted by Crippen LogP contribution is 2.40. The molecule has 1 heterocycles. The summed E-state index contributed by atoms with van der Waals surface area (Å²) in [6.45, 7) is 2.03. The zero-order valence-electron chi connectivity index (χ0n) is 12.4. The Bertz CT molecular complexity index is 812. The Morgan fingerprint density at radius 3 is 2.55 bits per heavy atom. The predicted molar refractivity (Wildman–Crippen MR) is 87.9 cm³/mol. The number of Topliss-reactive ketones (excluding diaryl/α,β-unsaturated/α-hetero) is 1. The first-order valence-electron chi connectivity index (χ1n) is 7.00. The summed E-state index contributed by atoms with van der Waals surface area (Å²) in [5.41, 5.74) is 3.65. The van der Waals surface area contributed by atoms with Gasteiger partial charge in [-0.2, -0.15) is 5.26 Å². The molecule has 1 aliphatic rings. The molecule has 2 aromatic rings. The second-order valence-electron chi connectivity index (χ2n) is 5.58. The molecule has 0 saturated carbocycles. The van der Waals surface area contributed by atoms with Crippen molar-refractivity contribution in [1.82, 2.24) is 0 Å². The highest BCUT2D eigenvalue weighted by Gasteiger charge is 2.33. The molecule has 2 atom stereocenters. The van der Waals surface area contributed by atoms with Crippen molar-refractivity contribution in [2.45, 2.75) is 29.9 Å². The first-order valence-corrected chi connectivity index (χ1v) is 9.37. The van der Waals surface area contributed by atoms with E-state index in [4.69, 9.17) is 0 Å². The van der Waals surface area contributed by atoms with Crippen LogP contribution in [0.1, 0.15) is 44.3 Å². The molecule has 0 radical (unpaired) electrons. The maximum Gasteiger partial charge on any atom is 0.165 e. The quantitative estimate of drug-likeness (QED) is 0.846. The molecule has 1 aromatic heterocycles. The Morgan fingerprint density at radius 1 is 1.27 bits per heavy atom. The van der Waals surface area contributed by atoms with Gasteiger partial charge in [0.2, 0.25) is 0 Å². The van der Waals surface area contributed by atoms with Crippen LogP contribution in [0, 0.1) is 18.3 Å². The van der Waals surface area contributed by atoms with E-state index < -0.39 is 10.8 Å². The fourth-order valence-corrected chi connectivity index (χ4v) is 5.05. The van der Waals surface area contributed by atoms with E-state index in [9.17, 15) is 14.3 Å². The first kappa shape index (κ1) is 15.1. The van der Waals surface area contributed by atoms with Crippen molar-refractivity contribution in [1.29, 1.82) is 5.26 Å². The Morgan fingerprint density at radius 2 is 1.95 bits per heavy atom. The van der Waals surface area contributed by atoms with Crippen LogP contribution in [-0.4, -0.2) is 16.2 Å². The molecule has 3 nitrogen and oxygen atoms in total. The lowest BCUT2D eigenvalue weighted by molar-refractivity contribution is 0.0962. The number of ketones is 1. The molecule has 1 aromatic carbocycles. The van der Waals surface area contributed by atoms with Crippen LogP contribution >= 0.6 is 11.3 Å². The molecule has 5 heteroatoms. The third-order valence-corrected chi connectivity index (χ3v) is 6.66. The molecule has 0 unspecified atom stereocenters. The number of thiophene rings is 1. The Labute approximate surface area is 136 Å². The predicted octanol–water partition coefficient (Wildman–Crippen LogP) is 3.58. The van der Waals surface area contributed by atoms with E-state index >= 15 is 0 Å². The van der Waals surface area contributed by atoms with Gasteiger partial charge in [0, 0.05) is 18.2 Å². The van der Waals surface area contributed by atoms with Crippen LogP contribution in [0.15, 0.2) is 28.5 Å². The normalized spacial score (nSPS) is 18.6. The highest BCUT2D eigenvalue weighted by atomic mass is 32.2. The third kappa shape index (κ3) is 2.53. The topological polar surface area (TPSA) is 57.9 Å². The van der Waals surface area contributed by atoms with Gasteiger partial charge in [0.1, 0.15) is 15.2 Å². The second-order valence-corrected chi connectivity index (χ2v) is 8.17. The molecule has 0 bridgehead atoms. The summed E-state index contributed by atoms with van der Waals surface area (Å²) in [4.78, 5) is 13.1. The summed E-state index contributed by atoms with van der Waals surface area (Å²) in [6.07, 6.45) is 2.65. The minimum absolute atomic E-state index is 0.00905. The van der Waals surface area contributed by atoms with Crippen LogP contribution in [0.4, 0.5) is 0 Å². The first-order chi connectivity index (χ1) is 10.5. The molecule has 1 aliphatic carbocycles. The number of hydrogen-bond acceptors (Lipinski definition) is 4. The Balaban J connectivity index is 2.06. The van der Waals surface area contributed by atoms with E-state index in [0.717, 1.165) is 11.1 Å². The SMILES string of the molecule is Cc1ccc([C@@H]2CC(=O)c3c([S@@](C)=O)sc(C#N)c3C2)cc1. The van der Waals surface area contributed by atoms with Gasteiger partial charge in [0.25, 0.3) is 0 Å². The van der Waals surface area contributed by atoms with Gasteiger partial charge in [-0.25, -0.2) is 0 Å². The fraction of sp³-hybridized carbons (Fsp3) is 0.294. The zero-order chi connectivity index (χ0) is 15.9. The van der Waals surface area contributed by atoms with E-state index in [1.54, 1.807) is 6.26 Å². The van der Waals surface area contributed by atoms with Crippen LogP contribution in [0.25, 0.3) is 0 Å². The van der Waals surface area contributed by atoms with Gasteiger partial charge >= 0.3 is 0 Å². The molecular weight excluding hydrogens is 314 g/mol. The van der Waals surface area contributed by atoms with Gasteiger partial charge in [-0.3, -0.25) is 9.00 Å². The Kier molecular flexibility index (Phi) is 3.98. The number of carbonyl (C=O) groups is 1. The number of benzene rings is 1. The molecule has 0 N–H and O–H groups in total. The molecule has 0 aliphatic heterocycles. The van der Waals surface area contributed by atoms with Crippen molar-refractivity contribution in [2.24, 2.45) is 0 Å². The molecule has 0 fully saturated rings. The van der Waals surface area contributed by atoms with Crippen molar-refractivity contribution < 1.29 is 9.00 Å². The summed E-state index contributed by atoms with van der Waals surface area (Å²) in [7, 11) is -1.23. The minimum atomic E-state index is -1.23. The van der Waals surface area contributed by atoms with Crippen LogP contribution in [-0.2, 0) is 17.2 Å². The maximum absolute atomic E-state index is 12.6. The van der Waals surface area contributed by atoms with Gasteiger partial charge in [0.15, 0.2) is 5.78 Å². The third-order valence-electron chi connectivity index (χ3n) is 4.05. The van der Waals surface area contributed by atoms with Gasteiger partial charge in [-0.15, -0.1) is 11.3 Å². The highest BCUT2D eigenvalue weighted by molar-refractivity contribution is 7.86. The lowest BCUT2D eigenvalue weighted by atomic mass is 9.80. The molecular formula is C17H15NO2S2. The van der Waals surface area contributed by atoms with E-state index in [0.29, 0.717) is 27.5 Å². The van der Waals surface area contributed by atoms with Gasteiger partial charge in [-0.1, -0.05) is 29.8 Å². The number of carbonyl (C=O) groups excluding carboxylic acids is 1. The van der Waals surface area contributed by atoms with E-state index in [-0.39, 0.29) is 11.7 Å². The van der Waals surface area contributed by atoms with E-state index in [1.807, 2.05) is 19.1 Å². The minimum Gasteiger partial charge on any atom is -0.294 e. The van der Waals surface area contributed by atoms with Crippen LogP contribution in [0.3, 0.4) is 0 Å². The Hall–Kier alpha value is -1.77. The molecule has 0 saturated heterocycles. The number of hydrogen-bond donors (Lipinski definition) is 0. The average Bonchev–Trinajstić information content (AvgIpc) is 2.87. The monoisotopic (exact) mass is 329 g/mol. The number of nitrogens with zero attached hydrogens (tertiary/aromatic N) is 1. The number of aryl methyl sites for hydroxylation is 1. The number of nitriles is 1.